The minimum atomic E-state index is -0.499. The molecule has 0 unspecified atom stereocenters. The Morgan fingerprint density at radius 2 is 1.83 bits per heavy atom. The Bertz CT molecular complexity index is 940. The van der Waals surface area contributed by atoms with E-state index in [-0.39, 0.29) is 40.6 Å². The van der Waals surface area contributed by atoms with Gasteiger partial charge >= 0.3 is 0 Å². The first-order chi connectivity index (χ1) is 11.5. The third kappa shape index (κ3) is 2.62. The van der Waals surface area contributed by atoms with Crippen molar-refractivity contribution >= 4 is 11.0 Å². The van der Waals surface area contributed by atoms with Crippen molar-refractivity contribution in [1.29, 1.82) is 0 Å². The summed E-state index contributed by atoms with van der Waals surface area (Å²) in [6.45, 7) is 2.01. The maximum atomic E-state index is 12.7. The van der Waals surface area contributed by atoms with Crippen LogP contribution in [-0.2, 0) is 0 Å². The van der Waals surface area contributed by atoms with Crippen molar-refractivity contribution in [1.82, 2.24) is 0 Å². The average molecular weight is 328 g/mol. The second kappa shape index (κ2) is 6.16. The van der Waals surface area contributed by atoms with E-state index in [4.69, 9.17) is 13.9 Å². The van der Waals surface area contributed by atoms with E-state index < -0.39 is 5.43 Å². The fourth-order valence-corrected chi connectivity index (χ4v) is 2.48. The molecule has 1 heterocycles. The number of phenolic OH excluding ortho intramolecular Hbond substituents is 2. The highest BCUT2D eigenvalue weighted by atomic mass is 16.5. The van der Waals surface area contributed by atoms with Crippen LogP contribution in [0.15, 0.2) is 45.6 Å². The lowest BCUT2D eigenvalue weighted by Crippen LogP contribution is -2.10. The summed E-state index contributed by atoms with van der Waals surface area (Å²) in [5.74, 6) is 0.335. The Labute approximate surface area is 137 Å². The zero-order valence-electron chi connectivity index (χ0n) is 13.2. The SMILES string of the molecule is CCOc1c(-c2ccc(OC)cc2)oc2cc(O)cc(O)c2c1=O. The molecule has 2 N–H and O–H groups in total. The summed E-state index contributed by atoms with van der Waals surface area (Å²) >= 11 is 0. The van der Waals surface area contributed by atoms with Crippen LogP contribution in [0.25, 0.3) is 22.3 Å². The molecule has 0 aliphatic rings. The Morgan fingerprint density at radius 1 is 1.12 bits per heavy atom. The molecule has 24 heavy (non-hydrogen) atoms. The van der Waals surface area contributed by atoms with Crippen LogP contribution in [0.1, 0.15) is 6.92 Å². The average Bonchev–Trinajstić information content (AvgIpc) is 2.56. The summed E-state index contributed by atoms with van der Waals surface area (Å²) in [5, 5.41) is 19.6. The Morgan fingerprint density at radius 3 is 2.46 bits per heavy atom. The predicted molar refractivity (Wildman–Crippen MR) is 89.0 cm³/mol. The maximum Gasteiger partial charge on any atom is 0.239 e. The van der Waals surface area contributed by atoms with Crippen LogP contribution in [0.3, 0.4) is 0 Å². The van der Waals surface area contributed by atoms with E-state index in [0.29, 0.717) is 11.3 Å². The number of ether oxygens (including phenoxy) is 2. The highest BCUT2D eigenvalue weighted by Gasteiger charge is 2.20. The van der Waals surface area contributed by atoms with Gasteiger partial charge in [0.2, 0.25) is 11.2 Å². The molecule has 124 valence electrons. The second-order valence-electron chi connectivity index (χ2n) is 5.09. The van der Waals surface area contributed by atoms with Gasteiger partial charge in [-0.2, -0.15) is 0 Å². The van der Waals surface area contributed by atoms with E-state index in [9.17, 15) is 15.0 Å². The first kappa shape index (κ1) is 15.7. The molecule has 0 aliphatic heterocycles. The van der Waals surface area contributed by atoms with Crippen molar-refractivity contribution in [2.45, 2.75) is 6.92 Å². The van der Waals surface area contributed by atoms with Gasteiger partial charge in [-0.1, -0.05) is 0 Å². The van der Waals surface area contributed by atoms with E-state index in [2.05, 4.69) is 0 Å². The highest BCUT2D eigenvalue weighted by molar-refractivity contribution is 5.88. The molecule has 0 aliphatic carbocycles. The van der Waals surface area contributed by atoms with Gasteiger partial charge in [0.1, 0.15) is 28.2 Å². The molecule has 0 spiro atoms. The van der Waals surface area contributed by atoms with E-state index in [1.54, 1.807) is 38.3 Å². The Kier molecular flexibility index (Phi) is 4.04. The number of hydrogen-bond donors (Lipinski definition) is 2. The fraction of sp³-hybridized carbons (Fsp3) is 0.167. The molecule has 0 saturated heterocycles. The van der Waals surface area contributed by atoms with Crippen LogP contribution in [0.4, 0.5) is 0 Å². The lowest BCUT2D eigenvalue weighted by molar-refractivity contribution is 0.329. The number of aromatic hydroxyl groups is 2. The third-order valence-electron chi connectivity index (χ3n) is 3.56. The first-order valence-electron chi connectivity index (χ1n) is 7.35. The molecule has 2 aromatic carbocycles. The summed E-state index contributed by atoms with van der Waals surface area (Å²) in [4.78, 5) is 12.7. The van der Waals surface area contributed by atoms with Gasteiger partial charge in [-0.15, -0.1) is 0 Å². The van der Waals surface area contributed by atoms with Gasteiger partial charge in [0, 0.05) is 17.7 Å². The van der Waals surface area contributed by atoms with E-state index >= 15 is 0 Å². The molecule has 0 saturated carbocycles. The van der Waals surface area contributed by atoms with E-state index in [0.717, 1.165) is 6.07 Å². The lowest BCUT2D eigenvalue weighted by atomic mass is 10.1. The van der Waals surface area contributed by atoms with Crippen molar-refractivity contribution in [2.24, 2.45) is 0 Å². The molecule has 0 atom stereocenters. The quantitative estimate of drug-likeness (QED) is 0.764. The molecular weight excluding hydrogens is 312 g/mol. The lowest BCUT2D eigenvalue weighted by Gasteiger charge is -2.11. The molecule has 6 nitrogen and oxygen atoms in total. The normalized spacial score (nSPS) is 10.8. The fourth-order valence-electron chi connectivity index (χ4n) is 2.48. The highest BCUT2D eigenvalue weighted by Crippen LogP contribution is 2.36. The number of rotatable bonds is 4. The van der Waals surface area contributed by atoms with Crippen LogP contribution >= 0.6 is 0 Å². The standard InChI is InChI=1S/C18H16O6/c1-3-23-18-16(21)15-13(20)8-11(19)9-14(15)24-17(18)10-4-6-12(22-2)7-5-10/h4-9,19-20H,3H2,1-2H3. The van der Waals surface area contributed by atoms with Crippen molar-refractivity contribution in [3.05, 3.63) is 46.6 Å². The third-order valence-corrected chi connectivity index (χ3v) is 3.56. The van der Waals surface area contributed by atoms with Crippen LogP contribution in [0.5, 0.6) is 23.0 Å². The van der Waals surface area contributed by atoms with Crippen LogP contribution < -0.4 is 14.9 Å². The first-order valence-corrected chi connectivity index (χ1v) is 7.35. The summed E-state index contributed by atoms with van der Waals surface area (Å²) in [6.07, 6.45) is 0. The molecule has 6 heteroatoms. The zero-order valence-corrected chi connectivity index (χ0v) is 13.2. The zero-order chi connectivity index (χ0) is 17.3. The molecule has 3 rings (SSSR count). The maximum absolute atomic E-state index is 12.7. The Balaban J connectivity index is 2.32. The van der Waals surface area contributed by atoms with Crippen molar-refractivity contribution in [3.63, 3.8) is 0 Å². The minimum Gasteiger partial charge on any atom is -0.508 e. The molecule has 0 bridgehead atoms. The summed E-state index contributed by atoms with van der Waals surface area (Å²) in [5.41, 5.74) is 0.189. The van der Waals surface area contributed by atoms with Crippen LogP contribution in [-0.4, -0.2) is 23.9 Å². The van der Waals surface area contributed by atoms with Crippen molar-refractivity contribution in [2.75, 3.05) is 13.7 Å². The number of methoxy groups -OCH3 is 1. The smallest absolute Gasteiger partial charge is 0.239 e. The van der Waals surface area contributed by atoms with Crippen LogP contribution in [0, 0.1) is 0 Å². The minimum absolute atomic E-state index is 0.0103. The predicted octanol–water partition coefficient (Wildman–Crippen LogP) is 3.28. The number of hydrogen-bond acceptors (Lipinski definition) is 6. The molecule has 0 amide bonds. The molecular formula is C18H16O6. The Hall–Kier alpha value is -3.15. The largest absolute Gasteiger partial charge is 0.508 e. The topological polar surface area (TPSA) is 89.1 Å². The van der Waals surface area contributed by atoms with Gasteiger partial charge in [0.05, 0.1) is 13.7 Å². The molecule has 3 aromatic rings. The number of phenols is 2. The van der Waals surface area contributed by atoms with Crippen LogP contribution in [0.2, 0.25) is 0 Å². The summed E-state index contributed by atoms with van der Waals surface area (Å²) in [7, 11) is 1.56. The van der Waals surface area contributed by atoms with Gasteiger partial charge < -0.3 is 24.1 Å². The van der Waals surface area contributed by atoms with Gasteiger partial charge in [-0.25, -0.2) is 0 Å². The number of fused-ring (bicyclic) bond motifs is 1. The monoisotopic (exact) mass is 328 g/mol. The van der Waals surface area contributed by atoms with Gasteiger partial charge in [-0.3, -0.25) is 4.79 Å². The van der Waals surface area contributed by atoms with Crippen molar-refractivity contribution < 1.29 is 24.1 Å². The van der Waals surface area contributed by atoms with E-state index in [1.165, 1.54) is 6.07 Å². The van der Waals surface area contributed by atoms with Crippen molar-refractivity contribution in [3.8, 4) is 34.3 Å². The molecule has 0 fully saturated rings. The summed E-state index contributed by atoms with van der Waals surface area (Å²) in [6, 6.07) is 9.29. The summed E-state index contributed by atoms with van der Waals surface area (Å²) < 4.78 is 16.3. The molecule has 1 aromatic heterocycles. The molecule has 0 radical (unpaired) electrons. The number of benzene rings is 2. The second-order valence-corrected chi connectivity index (χ2v) is 5.09. The van der Waals surface area contributed by atoms with Gasteiger partial charge in [0.25, 0.3) is 0 Å². The van der Waals surface area contributed by atoms with E-state index in [1.807, 2.05) is 0 Å². The van der Waals surface area contributed by atoms with Gasteiger partial charge in [-0.05, 0) is 31.2 Å². The van der Waals surface area contributed by atoms with Gasteiger partial charge in [0.15, 0.2) is 5.76 Å².